The van der Waals surface area contributed by atoms with Gasteiger partial charge in [-0.15, -0.1) is 0 Å². The van der Waals surface area contributed by atoms with Crippen LogP contribution in [-0.2, 0) is 24.3 Å². The van der Waals surface area contributed by atoms with Crippen molar-refractivity contribution >= 4 is 5.97 Å². The first-order chi connectivity index (χ1) is 7.69. The largest absolute Gasteiger partial charge is 0.481 e. The Morgan fingerprint density at radius 3 is 3.06 bits per heavy atom. The molecule has 5 nitrogen and oxygen atoms in total. The van der Waals surface area contributed by atoms with Gasteiger partial charge in [-0.05, 0) is 19.0 Å². The van der Waals surface area contributed by atoms with Crippen molar-refractivity contribution in [2.24, 2.45) is 0 Å². The van der Waals surface area contributed by atoms with Crippen LogP contribution in [0.15, 0.2) is 6.07 Å². The van der Waals surface area contributed by atoms with E-state index in [9.17, 15) is 4.79 Å². The van der Waals surface area contributed by atoms with Crippen molar-refractivity contribution in [2.45, 2.75) is 32.9 Å². The van der Waals surface area contributed by atoms with E-state index in [2.05, 4.69) is 16.9 Å². The van der Waals surface area contributed by atoms with Gasteiger partial charge in [0.25, 0.3) is 0 Å². The number of carboxylic acids is 1. The van der Waals surface area contributed by atoms with Gasteiger partial charge in [0.05, 0.1) is 17.8 Å². The molecule has 0 saturated carbocycles. The number of aryl methyl sites for hydroxylation is 1. The van der Waals surface area contributed by atoms with Gasteiger partial charge in [-0.25, -0.2) is 0 Å². The summed E-state index contributed by atoms with van der Waals surface area (Å²) >= 11 is 0. The molecule has 0 saturated heterocycles. The van der Waals surface area contributed by atoms with Crippen LogP contribution >= 0.6 is 0 Å². The molecule has 5 heteroatoms. The molecule has 0 spiro atoms. The van der Waals surface area contributed by atoms with Gasteiger partial charge in [-0.3, -0.25) is 14.4 Å². The zero-order valence-electron chi connectivity index (χ0n) is 9.52. The normalized spacial score (nSPS) is 16.8. The van der Waals surface area contributed by atoms with Crippen LogP contribution in [0.2, 0.25) is 0 Å². The van der Waals surface area contributed by atoms with Crippen LogP contribution in [0.25, 0.3) is 0 Å². The molecule has 0 bridgehead atoms. The fourth-order valence-corrected chi connectivity index (χ4v) is 2.10. The molecule has 2 rings (SSSR count). The van der Waals surface area contributed by atoms with Crippen molar-refractivity contribution < 1.29 is 9.90 Å². The summed E-state index contributed by atoms with van der Waals surface area (Å²) in [6.45, 7) is 6.03. The number of aromatic nitrogens is 2. The quantitative estimate of drug-likeness (QED) is 0.821. The molecule has 0 unspecified atom stereocenters. The van der Waals surface area contributed by atoms with Crippen molar-refractivity contribution in [1.29, 1.82) is 0 Å². The van der Waals surface area contributed by atoms with Crippen LogP contribution in [0, 0.1) is 0 Å². The molecule has 1 aromatic heterocycles. The molecule has 0 aliphatic carbocycles. The van der Waals surface area contributed by atoms with Gasteiger partial charge in [0, 0.05) is 19.6 Å². The minimum Gasteiger partial charge on any atom is -0.481 e. The maximum atomic E-state index is 10.6. The fourth-order valence-electron chi connectivity index (χ4n) is 2.10. The van der Waals surface area contributed by atoms with Gasteiger partial charge >= 0.3 is 5.97 Å². The molecular formula is C11H17N3O2. The molecule has 88 valence electrons. The minimum atomic E-state index is -0.819. The highest BCUT2D eigenvalue weighted by molar-refractivity contribution is 5.69. The lowest BCUT2D eigenvalue weighted by molar-refractivity contribution is -0.136. The highest BCUT2D eigenvalue weighted by Gasteiger charge is 2.16. The number of carboxylic acid groups (broad SMARTS) is 1. The summed E-state index contributed by atoms with van der Waals surface area (Å²) in [5.74, 6) is -0.819. The average molecular weight is 223 g/mol. The second-order valence-electron chi connectivity index (χ2n) is 4.14. The molecule has 1 aliphatic rings. The van der Waals surface area contributed by atoms with Gasteiger partial charge in [-0.2, -0.15) is 5.10 Å². The third-order valence-corrected chi connectivity index (χ3v) is 2.92. The van der Waals surface area contributed by atoms with E-state index in [1.807, 2.05) is 10.7 Å². The third-order valence-electron chi connectivity index (χ3n) is 2.92. The number of aliphatic carboxylic acids is 1. The van der Waals surface area contributed by atoms with E-state index in [1.165, 1.54) is 0 Å². The average Bonchev–Trinajstić information content (AvgIpc) is 2.47. The molecule has 1 aromatic rings. The molecule has 16 heavy (non-hydrogen) atoms. The minimum absolute atomic E-state index is 0.0200. The van der Waals surface area contributed by atoms with Crippen LogP contribution in [0.1, 0.15) is 24.7 Å². The lowest BCUT2D eigenvalue weighted by Crippen LogP contribution is -2.22. The van der Waals surface area contributed by atoms with Gasteiger partial charge in [0.2, 0.25) is 0 Å². The SMILES string of the molecule is CCN1CCCn2nc(CC(=O)O)cc2C1. The molecule has 0 atom stereocenters. The number of nitrogens with zero attached hydrogens (tertiary/aromatic N) is 3. The molecule has 0 fully saturated rings. The molecule has 0 radical (unpaired) electrons. The van der Waals surface area contributed by atoms with Crippen LogP contribution in [0.3, 0.4) is 0 Å². The van der Waals surface area contributed by atoms with Gasteiger partial charge < -0.3 is 5.11 Å². The maximum Gasteiger partial charge on any atom is 0.309 e. The summed E-state index contributed by atoms with van der Waals surface area (Å²) < 4.78 is 1.95. The Kier molecular flexibility index (Phi) is 3.24. The first-order valence-corrected chi connectivity index (χ1v) is 5.68. The van der Waals surface area contributed by atoms with Crippen molar-refractivity contribution in [1.82, 2.24) is 14.7 Å². The first-order valence-electron chi connectivity index (χ1n) is 5.68. The van der Waals surface area contributed by atoms with Crippen molar-refractivity contribution in [3.63, 3.8) is 0 Å². The number of fused-ring (bicyclic) bond motifs is 1. The van der Waals surface area contributed by atoms with E-state index in [-0.39, 0.29) is 6.42 Å². The smallest absolute Gasteiger partial charge is 0.309 e. The summed E-state index contributed by atoms with van der Waals surface area (Å²) in [5, 5.41) is 13.1. The Labute approximate surface area is 94.7 Å². The zero-order chi connectivity index (χ0) is 11.5. The van der Waals surface area contributed by atoms with Gasteiger partial charge in [0.1, 0.15) is 0 Å². The number of rotatable bonds is 3. The molecule has 0 aromatic carbocycles. The molecule has 0 amide bonds. The lowest BCUT2D eigenvalue weighted by Gasteiger charge is -2.15. The summed E-state index contributed by atoms with van der Waals surface area (Å²) in [6.07, 6.45) is 1.10. The Balaban J connectivity index is 2.16. The second kappa shape index (κ2) is 4.65. The number of hydrogen-bond donors (Lipinski definition) is 1. The van der Waals surface area contributed by atoms with E-state index in [1.54, 1.807) is 0 Å². The summed E-state index contributed by atoms with van der Waals surface area (Å²) in [4.78, 5) is 13.0. The fraction of sp³-hybridized carbons (Fsp3) is 0.636. The predicted molar refractivity (Wildman–Crippen MR) is 59.1 cm³/mol. The number of hydrogen-bond acceptors (Lipinski definition) is 3. The Morgan fingerprint density at radius 2 is 2.38 bits per heavy atom. The molecule has 1 N–H and O–H groups in total. The van der Waals surface area contributed by atoms with E-state index in [0.29, 0.717) is 5.69 Å². The van der Waals surface area contributed by atoms with Crippen molar-refractivity contribution in [2.75, 3.05) is 13.1 Å². The van der Waals surface area contributed by atoms with Crippen molar-refractivity contribution in [3.8, 4) is 0 Å². The predicted octanol–water partition coefficient (Wildman–Crippen LogP) is 0.736. The highest BCUT2D eigenvalue weighted by Crippen LogP contribution is 2.13. The zero-order valence-corrected chi connectivity index (χ0v) is 9.52. The van der Waals surface area contributed by atoms with Crippen LogP contribution < -0.4 is 0 Å². The lowest BCUT2D eigenvalue weighted by atomic mass is 10.3. The van der Waals surface area contributed by atoms with E-state index in [0.717, 1.165) is 38.3 Å². The topological polar surface area (TPSA) is 58.4 Å². The second-order valence-corrected chi connectivity index (χ2v) is 4.14. The Hall–Kier alpha value is -1.36. The first kappa shape index (κ1) is 11.1. The third kappa shape index (κ3) is 2.41. The molecule has 1 aliphatic heterocycles. The van der Waals surface area contributed by atoms with E-state index in [4.69, 9.17) is 5.11 Å². The summed E-state index contributed by atoms with van der Waals surface area (Å²) in [5.41, 5.74) is 1.80. The van der Waals surface area contributed by atoms with Crippen LogP contribution in [0.5, 0.6) is 0 Å². The summed E-state index contributed by atoms with van der Waals surface area (Å²) in [6, 6.07) is 1.92. The van der Waals surface area contributed by atoms with Gasteiger partial charge in [0.15, 0.2) is 0 Å². The monoisotopic (exact) mass is 223 g/mol. The summed E-state index contributed by atoms with van der Waals surface area (Å²) in [7, 11) is 0. The molecule has 2 heterocycles. The van der Waals surface area contributed by atoms with E-state index >= 15 is 0 Å². The van der Waals surface area contributed by atoms with Crippen LogP contribution in [0.4, 0.5) is 0 Å². The Morgan fingerprint density at radius 1 is 1.56 bits per heavy atom. The highest BCUT2D eigenvalue weighted by atomic mass is 16.4. The molecular weight excluding hydrogens is 206 g/mol. The Bertz CT molecular complexity index is 387. The standard InChI is InChI=1S/C11H17N3O2/c1-2-13-4-3-5-14-10(8-13)6-9(12-14)7-11(15)16/h6H,2-5,7-8H2,1H3,(H,15,16). The van der Waals surface area contributed by atoms with Crippen LogP contribution in [-0.4, -0.2) is 38.8 Å². The van der Waals surface area contributed by atoms with E-state index < -0.39 is 5.97 Å². The van der Waals surface area contributed by atoms with Gasteiger partial charge in [-0.1, -0.05) is 6.92 Å². The maximum absolute atomic E-state index is 10.6. The number of carbonyl (C=O) groups is 1. The van der Waals surface area contributed by atoms with Crippen molar-refractivity contribution in [3.05, 3.63) is 17.5 Å².